The smallest absolute Gasteiger partial charge is 0.414 e. The molecule has 2 aromatic carbocycles. The summed E-state index contributed by atoms with van der Waals surface area (Å²) in [6.45, 7) is 3.76. The quantitative estimate of drug-likeness (QED) is 0.405. The molecular formula is C30H37N3O5. The number of aromatic nitrogens is 2. The number of carbonyl (C=O) groups excluding carboxylic acids is 2. The summed E-state index contributed by atoms with van der Waals surface area (Å²) in [5.74, 6) is 2.67. The molecule has 0 spiro atoms. The molecular weight excluding hydrogens is 482 g/mol. The summed E-state index contributed by atoms with van der Waals surface area (Å²) in [5, 5.41) is 0. The van der Waals surface area contributed by atoms with Gasteiger partial charge in [0.15, 0.2) is 11.5 Å². The fourth-order valence-corrected chi connectivity index (χ4v) is 6.30. The average molecular weight is 520 g/mol. The largest absolute Gasteiger partial charge is 0.493 e. The first kappa shape index (κ1) is 26.1. The van der Waals surface area contributed by atoms with Gasteiger partial charge in [-0.05, 0) is 75.8 Å². The number of aryl methyl sites for hydroxylation is 1. The van der Waals surface area contributed by atoms with Gasteiger partial charge in [0.2, 0.25) is 0 Å². The third-order valence-corrected chi connectivity index (χ3v) is 8.30. The van der Waals surface area contributed by atoms with Gasteiger partial charge >= 0.3 is 6.09 Å². The number of imidazole rings is 1. The second-order valence-corrected chi connectivity index (χ2v) is 10.6. The number of anilines is 1. The summed E-state index contributed by atoms with van der Waals surface area (Å²) >= 11 is 0. The molecule has 1 fully saturated rings. The summed E-state index contributed by atoms with van der Waals surface area (Å²) in [6.07, 6.45) is 5.75. The molecule has 2 aliphatic rings. The monoisotopic (exact) mass is 519 g/mol. The lowest BCUT2D eigenvalue weighted by Gasteiger charge is -2.34. The van der Waals surface area contributed by atoms with E-state index >= 15 is 0 Å². The lowest BCUT2D eigenvalue weighted by atomic mass is 9.83. The maximum atomic E-state index is 12.7. The molecule has 5 rings (SSSR count). The SMILES string of the molecule is COC(=O)N1c2ccc3c(nc(Cc4ccc(OC)c(OC)c4)n3[C@@H]3CCC[C@@H](C(C)=O)C3)c2CC[C@@H]1C. The Bertz CT molecular complexity index is 1360. The highest BCUT2D eigenvalue weighted by Crippen LogP contribution is 2.41. The zero-order valence-corrected chi connectivity index (χ0v) is 23.0. The van der Waals surface area contributed by atoms with Crippen LogP contribution in [0.1, 0.15) is 68.9 Å². The highest BCUT2D eigenvalue weighted by Gasteiger charge is 2.33. The molecule has 1 aromatic heterocycles. The molecule has 3 atom stereocenters. The second kappa shape index (κ2) is 10.7. The van der Waals surface area contributed by atoms with Gasteiger partial charge in [-0.1, -0.05) is 12.5 Å². The molecule has 0 bridgehead atoms. The van der Waals surface area contributed by atoms with Crippen molar-refractivity contribution in [2.75, 3.05) is 26.2 Å². The third kappa shape index (κ3) is 4.61. The molecule has 0 N–H and O–H groups in total. The van der Waals surface area contributed by atoms with Crippen LogP contribution in [0, 0.1) is 5.92 Å². The molecule has 0 unspecified atom stereocenters. The molecule has 0 saturated heterocycles. The van der Waals surface area contributed by atoms with E-state index in [0.29, 0.717) is 17.9 Å². The van der Waals surface area contributed by atoms with Gasteiger partial charge in [0, 0.05) is 30.0 Å². The van der Waals surface area contributed by atoms with Crippen LogP contribution in [-0.2, 0) is 22.4 Å². The van der Waals surface area contributed by atoms with Gasteiger partial charge < -0.3 is 18.8 Å². The van der Waals surface area contributed by atoms with Gasteiger partial charge in [0.05, 0.1) is 38.1 Å². The molecule has 2 heterocycles. The van der Waals surface area contributed by atoms with Crippen LogP contribution in [0.4, 0.5) is 10.5 Å². The number of nitrogens with zero attached hydrogens (tertiary/aromatic N) is 3. The van der Waals surface area contributed by atoms with Gasteiger partial charge in [-0.15, -0.1) is 0 Å². The number of amides is 1. The molecule has 202 valence electrons. The van der Waals surface area contributed by atoms with E-state index in [1.807, 2.05) is 24.3 Å². The predicted octanol–water partition coefficient (Wildman–Crippen LogP) is 5.87. The maximum absolute atomic E-state index is 12.7. The number of ketones is 1. The van der Waals surface area contributed by atoms with E-state index in [4.69, 9.17) is 19.2 Å². The summed E-state index contributed by atoms with van der Waals surface area (Å²) < 4.78 is 18.5. The van der Waals surface area contributed by atoms with Crippen LogP contribution in [0.15, 0.2) is 30.3 Å². The zero-order chi connectivity index (χ0) is 27.0. The van der Waals surface area contributed by atoms with Crippen molar-refractivity contribution in [3.8, 4) is 11.5 Å². The van der Waals surface area contributed by atoms with Crippen LogP contribution in [0.25, 0.3) is 11.0 Å². The Morgan fingerprint density at radius 2 is 1.82 bits per heavy atom. The van der Waals surface area contributed by atoms with Crippen molar-refractivity contribution in [3.05, 3.63) is 47.3 Å². The Labute approximate surface area is 223 Å². The zero-order valence-electron chi connectivity index (χ0n) is 23.0. The highest BCUT2D eigenvalue weighted by atomic mass is 16.5. The standard InChI is InChI=1S/C30H37N3O5/c1-18-9-11-23-24(32(18)30(35)38-5)12-13-25-29(23)31-28(16-20-10-14-26(36-3)27(15-20)37-4)33(25)22-8-6-7-21(17-22)19(2)34/h10,12-15,18,21-22H,6-9,11,16-17H2,1-5H3/t18-,21+,22+/m0/s1. The topological polar surface area (TPSA) is 82.9 Å². The lowest BCUT2D eigenvalue weighted by Crippen LogP contribution is -2.42. The first-order valence-corrected chi connectivity index (χ1v) is 13.5. The van der Waals surface area contributed by atoms with Gasteiger partial charge in [0.25, 0.3) is 0 Å². The summed E-state index contributed by atoms with van der Waals surface area (Å²) in [6, 6.07) is 10.3. The van der Waals surface area contributed by atoms with E-state index in [-0.39, 0.29) is 29.9 Å². The van der Waals surface area contributed by atoms with Crippen molar-refractivity contribution in [3.63, 3.8) is 0 Å². The third-order valence-electron chi connectivity index (χ3n) is 8.30. The first-order chi connectivity index (χ1) is 18.4. The van der Waals surface area contributed by atoms with Crippen molar-refractivity contribution in [2.24, 2.45) is 5.92 Å². The van der Waals surface area contributed by atoms with Crippen LogP contribution in [0.5, 0.6) is 11.5 Å². The Balaban J connectivity index is 1.65. The molecule has 1 aliphatic heterocycles. The normalized spacial score (nSPS) is 21.2. The molecule has 1 amide bonds. The number of fused-ring (bicyclic) bond motifs is 3. The maximum Gasteiger partial charge on any atom is 0.414 e. The fourth-order valence-electron chi connectivity index (χ4n) is 6.30. The van der Waals surface area contributed by atoms with Crippen LogP contribution in [-0.4, -0.2) is 48.8 Å². The average Bonchev–Trinajstić information content (AvgIpc) is 3.30. The van der Waals surface area contributed by atoms with E-state index in [0.717, 1.165) is 72.2 Å². The number of carbonyl (C=O) groups is 2. The van der Waals surface area contributed by atoms with E-state index in [9.17, 15) is 9.59 Å². The van der Waals surface area contributed by atoms with Crippen molar-refractivity contribution >= 4 is 28.6 Å². The van der Waals surface area contributed by atoms with Crippen LogP contribution < -0.4 is 14.4 Å². The Hall–Kier alpha value is -3.55. The second-order valence-electron chi connectivity index (χ2n) is 10.6. The van der Waals surface area contributed by atoms with E-state index in [1.54, 1.807) is 26.0 Å². The molecule has 3 aromatic rings. The summed E-state index contributed by atoms with van der Waals surface area (Å²) in [5.41, 5.74) is 5.02. The molecule has 0 radical (unpaired) electrons. The number of rotatable bonds is 6. The minimum Gasteiger partial charge on any atom is -0.493 e. The Kier molecular flexibility index (Phi) is 7.32. The van der Waals surface area contributed by atoms with Crippen molar-refractivity contribution in [1.29, 1.82) is 0 Å². The number of methoxy groups -OCH3 is 3. The number of hydrogen-bond donors (Lipinski definition) is 0. The minimum atomic E-state index is -0.348. The van der Waals surface area contributed by atoms with Gasteiger partial charge in [-0.3, -0.25) is 9.69 Å². The first-order valence-electron chi connectivity index (χ1n) is 13.5. The molecule has 1 saturated carbocycles. The van der Waals surface area contributed by atoms with Crippen molar-refractivity contribution in [2.45, 2.75) is 70.9 Å². The fraction of sp³-hybridized carbons (Fsp3) is 0.500. The molecule has 1 aliphatic carbocycles. The molecule has 8 nitrogen and oxygen atoms in total. The Morgan fingerprint density at radius 1 is 1.03 bits per heavy atom. The minimum absolute atomic E-state index is 0.0513. The number of Topliss-reactive ketones (excluding diaryl/α,β-unsaturated/α-hetero) is 1. The van der Waals surface area contributed by atoms with Crippen molar-refractivity contribution < 1.29 is 23.8 Å². The predicted molar refractivity (Wildman–Crippen MR) is 146 cm³/mol. The van der Waals surface area contributed by atoms with Gasteiger partial charge in [-0.2, -0.15) is 0 Å². The molecule has 8 heteroatoms. The number of benzene rings is 2. The summed E-state index contributed by atoms with van der Waals surface area (Å²) in [7, 11) is 4.70. The summed E-state index contributed by atoms with van der Waals surface area (Å²) in [4.78, 5) is 32.0. The Morgan fingerprint density at radius 3 is 2.53 bits per heavy atom. The van der Waals surface area contributed by atoms with Gasteiger partial charge in [0.1, 0.15) is 11.6 Å². The van der Waals surface area contributed by atoms with Gasteiger partial charge in [-0.25, -0.2) is 9.78 Å². The lowest BCUT2D eigenvalue weighted by molar-refractivity contribution is -0.122. The highest BCUT2D eigenvalue weighted by molar-refractivity contribution is 5.95. The number of ether oxygens (including phenoxy) is 3. The van der Waals surface area contributed by atoms with Crippen LogP contribution in [0.3, 0.4) is 0 Å². The van der Waals surface area contributed by atoms with Crippen LogP contribution >= 0.6 is 0 Å². The van der Waals surface area contributed by atoms with E-state index in [1.165, 1.54) is 7.11 Å². The van der Waals surface area contributed by atoms with E-state index < -0.39 is 0 Å². The van der Waals surface area contributed by atoms with Crippen LogP contribution in [0.2, 0.25) is 0 Å². The van der Waals surface area contributed by atoms with Crippen molar-refractivity contribution in [1.82, 2.24) is 9.55 Å². The number of hydrogen-bond acceptors (Lipinski definition) is 6. The molecule has 38 heavy (non-hydrogen) atoms. The van der Waals surface area contributed by atoms with E-state index in [2.05, 4.69) is 17.6 Å².